The first-order valence-corrected chi connectivity index (χ1v) is 11.7. The van der Waals surface area contributed by atoms with E-state index in [0.29, 0.717) is 44.2 Å². The van der Waals surface area contributed by atoms with Gasteiger partial charge in [0.2, 0.25) is 0 Å². The van der Waals surface area contributed by atoms with E-state index in [2.05, 4.69) is 0 Å². The Labute approximate surface area is 205 Å². The van der Waals surface area contributed by atoms with E-state index in [0.717, 1.165) is 5.56 Å². The van der Waals surface area contributed by atoms with E-state index < -0.39 is 18.2 Å². The van der Waals surface area contributed by atoms with E-state index in [-0.39, 0.29) is 24.9 Å². The van der Waals surface area contributed by atoms with E-state index in [1.807, 2.05) is 0 Å². The van der Waals surface area contributed by atoms with Crippen molar-refractivity contribution in [2.24, 2.45) is 0 Å². The Hall–Kier alpha value is -3.33. The number of rotatable bonds is 15. The van der Waals surface area contributed by atoms with Gasteiger partial charge in [-0.15, -0.1) is 0 Å². The number of halogens is 1. The number of aliphatic carboxylic acids is 1. The average Bonchev–Trinajstić information content (AvgIpc) is 2.82. The van der Waals surface area contributed by atoms with Crippen molar-refractivity contribution in [3.05, 3.63) is 59.9 Å². The summed E-state index contributed by atoms with van der Waals surface area (Å²) in [4.78, 5) is 25.3. The Bertz CT molecular complexity index is 903. The van der Waals surface area contributed by atoms with Crippen molar-refractivity contribution in [3.8, 4) is 11.5 Å². The minimum Gasteiger partial charge on any atom is -0.494 e. The fourth-order valence-electron chi connectivity index (χ4n) is 3.18. The molecule has 2 rings (SSSR count). The molecule has 0 heterocycles. The fraction of sp³-hybridized carbons (Fsp3) is 0.462. The van der Waals surface area contributed by atoms with Crippen LogP contribution in [-0.2, 0) is 20.7 Å². The largest absolute Gasteiger partial charge is 0.494 e. The topological polar surface area (TPSA) is 94.5 Å². The molecule has 0 aromatic heterocycles. The molecule has 35 heavy (non-hydrogen) atoms. The van der Waals surface area contributed by atoms with E-state index in [4.69, 9.17) is 18.9 Å². The number of carboxylic acid groups (broad SMARTS) is 1. The predicted octanol–water partition coefficient (Wildman–Crippen LogP) is 4.55. The second kappa shape index (κ2) is 14.8. The maximum absolute atomic E-state index is 13.0. The molecule has 0 saturated carbocycles. The Morgan fingerprint density at radius 1 is 0.943 bits per heavy atom. The van der Waals surface area contributed by atoms with Crippen molar-refractivity contribution in [2.45, 2.75) is 45.8 Å². The highest BCUT2D eigenvalue weighted by Gasteiger charge is 2.18. The molecule has 9 heteroatoms. The highest BCUT2D eigenvalue weighted by atomic mass is 19.1. The van der Waals surface area contributed by atoms with Gasteiger partial charge in [-0.3, -0.25) is 0 Å². The molecule has 1 N–H and O–H groups in total. The molecule has 0 aliphatic carbocycles. The molecule has 0 fully saturated rings. The van der Waals surface area contributed by atoms with Gasteiger partial charge in [-0.25, -0.2) is 14.0 Å². The van der Waals surface area contributed by atoms with Crippen molar-refractivity contribution < 1.29 is 38.0 Å². The van der Waals surface area contributed by atoms with Crippen molar-refractivity contribution in [3.63, 3.8) is 0 Å². The normalized spacial score (nSPS) is 11.7. The van der Waals surface area contributed by atoms with Crippen molar-refractivity contribution >= 4 is 12.1 Å². The maximum atomic E-state index is 13.0. The van der Waals surface area contributed by atoms with Crippen LogP contribution in [0, 0.1) is 5.82 Å². The van der Waals surface area contributed by atoms with Crippen molar-refractivity contribution in [1.82, 2.24) is 4.90 Å². The lowest BCUT2D eigenvalue weighted by Gasteiger charge is -2.23. The highest BCUT2D eigenvalue weighted by molar-refractivity contribution is 5.72. The van der Waals surface area contributed by atoms with E-state index >= 15 is 0 Å². The first kappa shape index (κ1) is 27.9. The zero-order valence-electron chi connectivity index (χ0n) is 20.4. The highest BCUT2D eigenvalue weighted by Crippen LogP contribution is 2.15. The lowest BCUT2D eigenvalue weighted by Crippen LogP contribution is -2.37. The minimum atomic E-state index is -0.997. The van der Waals surface area contributed by atoms with Crippen LogP contribution in [0.1, 0.15) is 32.8 Å². The number of hydrogen-bond acceptors (Lipinski definition) is 6. The first-order valence-electron chi connectivity index (χ1n) is 11.7. The van der Waals surface area contributed by atoms with Crippen LogP contribution in [0.5, 0.6) is 11.5 Å². The predicted molar refractivity (Wildman–Crippen MR) is 128 cm³/mol. The van der Waals surface area contributed by atoms with Crippen LogP contribution in [0.15, 0.2) is 48.5 Å². The summed E-state index contributed by atoms with van der Waals surface area (Å²) >= 11 is 0. The Kier molecular flexibility index (Phi) is 11.8. The van der Waals surface area contributed by atoms with Gasteiger partial charge in [-0.1, -0.05) is 12.1 Å². The third kappa shape index (κ3) is 10.6. The van der Waals surface area contributed by atoms with Gasteiger partial charge in [0, 0.05) is 19.6 Å². The molecular formula is C26H34FNO7. The number of benzene rings is 2. The molecule has 2 aromatic carbocycles. The molecule has 1 unspecified atom stereocenters. The molecule has 0 aliphatic rings. The zero-order chi connectivity index (χ0) is 25.6. The van der Waals surface area contributed by atoms with E-state index in [9.17, 15) is 19.1 Å². The van der Waals surface area contributed by atoms with E-state index in [1.165, 1.54) is 12.1 Å². The third-order valence-corrected chi connectivity index (χ3v) is 4.87. The number of ether oxygens (including phenoxy) is 4. The van der Waals surface area contributed by atoms with Crippen LogP contribution in [0.3, 0.4) is 0 Å². The molecule has 0 aliphatic heterocycles. The Morgan fingerprint density at radius 2 is 1.54 bits per heavy atom. The monoisotopic (exact) mass is 491 g/mol. The smallest absolute Gasteiger partial charge is 0.410 e. The summed E-state index contributed by atoms with van der Waals surface area (Å²) in [5.74, 6) is -0.160. The van der Waals surface area contributed by atoms with Crippen LogP contribution >= 0.6 is 0 Å². The van der Waals surface area contributed by atoms with Crippen LogP contribution in [-0.4, -0.2) is 67.2 Å². The summed E-state index contributed by atoms with van der Waals surface area (Å²) in [6.45, 7) is 6.98. The second-order valence-electron chi connectivity index (χ2n) is 8.05. The van der Waals surface area contributed by atoms with Gasteiger partial charge in [0.25, 0.3) is 0 Å². The van der Waals surface area contributed by atoms with Gasteiger partial charge < -0.3 is 29.0 Å². The first-order chi connectivity index (χ1) is 16.8. The summed E-state index contributed by atoms with van der Waals surface area (Å²) in [6, 6.07) is 12.9. The van der Waals surface area contributed by atoms with Crippen molar-refractivity contribution in [2.75, 3.05) is 32.9 Å². The summed E-state index contributed by atoms with van der Waals surface area (Å²) in [5.41, 5.74) is 0.821. The number of nitrogens with zero attached hydrogens (tertiary/aromatic N) is 1. The van der Waals surface area contributed by atoms with Gasteiger partial charge in [0.05, 0.1) is 19.3 Å². The molecule has 192 valence electrons. The Morgan fingerprint density at radius 3 is 2.11 bits per heavy atom. The lowest BCUT2D eigenvalue weighted by molar-refractivity contribution is -0.149. The molecule has 0 saturated heterocycles. The zero-order valence-corrected chi connectivity index (χ0v) is 20.4. The summed E-state index contributed by atoms with van der Waals surface area (Å²) < 4.78 is 34.9. The summed E-state index contributed by atoms with van der Waals surface area (Å²) in [6.07, 6.45) is -0.752. The fourth-order valence-corrected chi connectivity index (χ4v) is 3.18. The minimum absolute atomic E-state index is 0.250. The quantitative estimate of drug-likeness (QED) is 0.365. The maximum Gasteiger partial charge on any atom is 0.410 e. The van der Waals surface area contributed by atoms with Gasteiger partial charge in [0.1, 0.15) is 23.9 Å². The number of carbonyl (C=O) groups is 2. The molecule has 2 aromatic rings. The second-order valence-corrected chi connectivity index (χ2v) is 8.05. The van der Waals surface area contributed by atoms with Crippen LogP contribution in [0.2, 0.25) is 0 Å². The third-order valence-electron chi connectivity index (χ3n) is 4.87. The Balaban J connectivity index is 1.83. The van der Waals surface area contributed by atoms with Gasteiger partial charge in [0.15, 0.2) is 6.10 Å². The number of amides is 1. The average molecular weight is 492 g/mol. The molecule has 0 radical (unpaired) electrons. The summed E-state index contributed by atoms with van der Waals surface area (Å²) in [5, 5.41) is 9.22. The molecular weight excluding hydrogens is 457 g/mol. The van der Waals surface area contributed by atoms with Gasteiger partial charge >= 0.3 is 12.1 Å². The molecule has 0 spiro atoms. The molecule has 1 amide bonds. The number of carbonyl (C=O) groups excluding carboxylic acids is 1. The standard InChI is InChI=1S/C26H34FNO7/c1-4-32-24(25(29)30)18-20-6-10-22(11-7-20)34-17-15-28(26(31)35-19(2)3)14-5-16-33-23-12-8-21(27)9-13-23/h6-13,19,24H,4-5,14-18H2,1-3H3,(H,29,30). The molecule has 0 bridgehead atoms. The van der Waals surface area contributed by atoms with Crippen molar-refractivity contribution in [1.29, 1.82) is 0 Å². The number of hydrogen-bond donors (Lipinski definition) is 1. The summed E-state index contributed by atoms with van der Waals surface area (Å²) in [7, 11) is 0. The van der Waals surface area contributed by atoms with E-state index in [1.54, 1.807) is 62.1 Å². The SMILES string of the molecule is CCOC(Cc1ccc(OCCN(CCCOc2ccc(F)cc2)C(=O)OC(C)C)cc1)C(=O)O. The van der Waals surface area contributed by atoms with Crippen LogP contribution < -0.4 is 9.47 Å². The van der Waals surface area contributed by atoms with Crippen LogP contribution in [0.25, 0.3) is 0 Å². The molecule has 8 nitrogen and oxygen atoms in total. The van der Waals surface area contributed by atoms with Gasteiger partial charge in [-0.05, 0) is 69.2 Å². The van der Waals surface area contributed by atoms with Gasteiger partial charge in [-0.2, -0.15) is 0 Å². The van der Waals surface area contributed by atoms with Crippen LogP contribution in [0.4, 0.5) is 9.18 Å². The number of carboxylic acids is 1. The molecule has 1 atom stereocenters. The lowest BCUT2D eigenvalue weighted by atomic mass is 10.1.